The zero-order chi connectivity index (χ0) is 18.4. The first-order chi connectivity index (χ1) is 12.0. The standard InChI is InChI=1S/C22H34O3/c1-6-7-11-20-19-13-12-18(24-5)14-21(19)25-17(4)22(20)15(2)9-8-10-16(3)23/h12-15,17,20,22H,6-11H2,1-5H3/t15-,17+,20+,22-/m0/s1. The van der Waals surface area contributed by atoms with Crippen molar-refractivity contribution in [3.63, 3.8) is 0 Å². The molecule has 25 heavy (non-hydrogen) atoms. The van der Waals surface area contributed by atoms with Crippen molar-refractivity contribution in [1.82, 2.24) is 0 Å². The average molecular weight is 347 g/mol. The van der Waals surface area contributed by atoms with Crippen molar-refractivity contribution in [2.45, 2.75) is 78.2 Å². The third-order valence-electron chi connectivity index (χ3n) is 5.65. The molecule has 0 aliphatic carbocycles. The molecule has 0 N–H and O–H groups in total. The summed E-state index contributed by atoms with van der Waals surface area (Å²) in [6.45, 7) is 8.47. The van der Waals surface area contributed by atoms with Crippen LogP contribution in [0.5, 0.6) is 11.5 Å². The predicted octanol–water partition coefficient (Wildman–Crippen LogP) is 5.76. The molecule has 0 fully saturated rings. The fourth-order valence-corrected chi connectivity index (χ4v) is 4.36. The molecule has 1 aliphatic heterocycles. The first-order valence-electron chi connectivity index (χ1n) is 9.81. The molecule has 0 unspecified atom stereocenters. The molecular formula is C22H34O3. The molecule has 0 saturated carbocycles. The minimum Gasteiger partial charge on any atom is -0.497 e. The largest absolute Gasteiger partial charge is 0.497 e. The number of methoxy groups -OCH3 is 1. The number of ether oxygens (including phenoxy) is 2. The number of ketones is 1. The number of Topliss-reactive ketones (excluding diaryl/α,β-unsaturated/α-hetero) is 1. The number of unbranched alkanes of at least 4 members (excludes halogenated alkanes) is 1. The van der Waals surface area contributed by atoms with Crippen LogP contribution >= 0.6 is 0 Å². The summed E-state index contributed by atoms with van der Waals surface area (Å²) in [7, 11) is 1.70. The molecule has 0 radical (unpaired) electrons. The molecule has 0 aromatic heterocycles. The van der Waals surface area contributed by atoms with Crippen LogP contribution in [-0.4, -0.2) is 19.0 Å². The van der Waals surface area contributed by atoms with Crippen LogP contribution < -0.4 is 9.47 Å². The van der Waals surface area contributed by atoms with Gasteiger partial charge in [-0.05, 0) is 56.6 Å². The number of carbonyl (C=O) groups excluding carboxylic acids is 1. The van der Waals surface area contributed by atoms with Crippen LogP contribution in [0.4, 0.5) is 0 Å². The van der Waals surface area contributed by atoms with E-state index in [1.54, 1.807) is 14.0 Å². The predicted molar refractivity (Wildman–Crippen MR) is 103 cm³/mol. The topological polar surface area (TPSA) is 35.5 Å². The number of rotatable bonds is 9. The highest BCUT2D eigenvalue weighted by molar-refractivity contribution is 5.75. The molecule has 0 amide bonds. The van der Waals surface area contributed by atoms with Gasteiger partial charge in [-0.15, -0.1) is 0 Å². The first kappa shape index (κ1) is 19.8. The van der Waals surface area contributed by atoms with Gasteiger partial charge in [0.2, 0.25) is 0 Å². The lowest BCUT2D eigenvalue weighted by Gasteiger charge is -2.42. The Morgan fingerprint density at radius 1 is 1.32 bits per heavy atom. The Morgan fingerprint density at radius 3 is 2.72 bits per heavy atom. The molecule has 0 bridgehead atoms. The summed E-state index contributed by atoms with van der Waals surface area (Å²) < 4.78 is 11.7. The lowest BCUT2D eigenvalue weighted by Crippen LogP contribution is -2.38. The van der Waals surface area contributed by atoms with Crippen molar-refractivity contribution in [3.05, 3.63) is 23.8 Å². The molecule has 140 valence electrons. The third kappa shape index (κ3) is 4.99. The summed E-state index contributed by atoms with van der Waals surface area (Å²) in [5, 5.41) is 0. The number of hydrogen-bond acceptors (Lipinski definition) is 3. The summed E-state index contributed by atoms with van der Waals surface area (Å²) in [6.07, 6.45) is 6.60. The molecule has 3 heteroatoms. The van der Waals surface area contributed by atoms with Crippen LogP contribution in [0.25, 0.3) is 0 Å². The van der Waals surface area contributed by atoms with Crippen LogP contribution in [0.1, 0.15) is 77.7 Å². The fraction of sp³-hybridized carbons (Fsp3) is 0.682. The molecule has 2 rings (SSSR count). The van der Waals surface area contributed by atoms with E-state index in [2.05, 4.69) is 32.9 Å². The minimum atomic E-state index is 0.189. The Hall–Kier alpha value is -1.51. The smallest absolute Gasteiger partial charge is 0.129 e. The van der Waals surface area contributed by atoms with E-state index in [0.717, 1.165) is 24.3 Å². The summed E-state index contributed by atoms with van der Waals surface area (Å²) in [5.74, 6) is 3.70. The zero-order valence-corrected chi connectivity index (χ0v) is 16.5. The van der Waals surface area contributed by atoms with Crippen molar-refractivity contribution in [2.24, 2.45) is 11.8 Å². The summed E-state index contributed by atoms with van der Waals surface area (Å²) in [5.41, 5.74) is 1.33. The molecule has 0 spiro atoms. The zero-order valence-electron chi connectivity index (χ0n) is 16.5. The Morgan fingerprint density at radius 2 is 2.08 bits per heavy atom. The highest BCUT2D eigenvalue weighted by Gasteiger charge is 2.38. The molecule has 3 nitrogen and oxygen atoms in total. The van der Waals surface area contributed by atoms with Crippen molar-refractivity contribution in [3.8, 4) is 11.5 Å². The SMILES string of the molecule is CCCC[C@@H]1c2ccc(OC)cc2O[C@H](C)[C@@H]1[C@@H](C)CCCC(C)=O. The quantitative estimate of drug-likeness (QED) is 0.570. The van der Waals surface area contributed by atoms with E-state index in [9.17, 15) is 4.79 Å². The van der Waals surface area contributed by atoms with Gasteiger partial charge in [-0.2, -0.15) is 0 Å². The maximum absolute atomic E-state index is 11.3. The molecule has 1 heterocycles. The van der Waals surface area contributed by atoms with Crippen LogP contribution in [-0.2, 0) is 4.79 Å². The monoisotopic (exact) mass is 346 g/mol. The van der Waals surface area contributed by atoms with Gasteiger partial charge >= 0.3 is 0 Å². The first-order valence-corrected chi connectivity index (χ1v) is 9.81. The summed E-state index contributed by atoms with van der Waals surface area (Å²) in [4.78, 5) is 11.3. The Kier molecular flexibility index (Phi) is 7.34. The van der Waals surface area contributed by atoms with Gasteiger partial charge in [-0.1, -0.05) is 32.8 Å². The average Bonchev–Trinajstić information content (AvgIpc) is 2.58. The number of hydrogen-bond donors (Lipinski definition) is 0. The summed E-state index contributed by atoms with van der Waals surface area (Å²) in [6, 6.07) is 6.27. The van der Waals surface area contributed by atoms with E-state index in [0.29, 0.717) is 30.0 Å². The lowest BCUT2D eigenvalue weighted by atomic mass is 9.70. The van der Waals surface area contributed by atoms with E-state index in [4.69, 9.17) is 9.47 Å². The molecule has 1 aliphatic rings. The summed E-state index contributed by atoms with van der Waals surface area (Å²) >= 11 is 0. The highest BCUT2D eigenvalue weighted by atomic mass is 16.5. The second-order valence-electron chi connectivity index (χ2n) is 7.62. The van der Waals surface area contributed by atoms with E-state index in [1.807, 2.05) is 6.07 Å². The molecule has 0 saturated heterocycles. The minimum absolute atomic E-state index is 0.189. The van der Waals surface area contributed by atoms with Crippen molar-refractivity contribution in [1.29, 1.82) is 0 Å². The van der Waals surface area contributed by atoms with Gasteiger partial charge in [0.25, 0.3) is 0 Å². The number of carbonyl (C=O) groups is 1. The maximum Gasteiger partial charge on any atom is 0.129 e. The van der Waals surface area contributed by atoms with Gasteiger partial charge in [0.1, 0.15) is 17.3 Å². The number of fused-ring (bicyclic) bond motifs is 1. The van der Waals surface area contributed by atoms with Gasteiger partial charge in [-0.25, -0.2) is 0 Å². The maximum atomic E-state index is 11.3. The van der Waals surface area contributed by atoms with Gasteiger partial charge in [0, 0.05) is 18.4 Å². The van der Waals surface area contributed by atoms with Gasteiger partial charge in [-0.3, -0.25) is 0 Å². The van der Waals surface area contributed by atoms with E-state index >= 15 is 0 Å². The van der Waals surface area contributed by atoms with E-state index in [1.165, 1.54) is 24.8 Å². The van der Waals surface area contributed by atoms with E-state index < -0.39 is 0 Å². The van der Waals surface area contributed by atoms with Gasteiger partial charge in [0.05, 0.1) is 13.2 Å². The van der Waals surface area contributed by atoms with E-state index in [-0.39, 0.29) is 6.10 Å². The lowest BCUT2D eigenvalue weighted by molar-refractivity contribution is -0.117. The fourth-order valence-electron chi connectivity index (χ4n) is 4.36. The molecule has 1 aromatic carbocycles. The molecule has 1 aromatic rings. The van der Waals surface area contributed by atoms with Gasteiger partial charge < -0.3 is 14.3 Å². The second kappa shape index (κ2) is 9.26. The highest BCUT2D eigenvalue weighted by Crippen LogP contribution is 2.47. The van der Waals surface area contributed by atoms with Crippen LogP contribution in [0.2, 0.25) is 0 Å². The van der Waals surface area contributed by atoms with Crippen molar-refractivity contribution in [2.75, 3.05) is 7.11 Å². The Bertz CT molecular complexity index is 566. The van der Waals surface area contributed by atoms with Crippen LogP contribution in [0, 0.1) is 11.8 Å². The normalized spacial score (nSPS) is 23.5. The molecule has 4 atom stereocenters. The second-order valence-corrected chi connectivity index (χ2v) is 7.62. The Balaban J connectivity index is 2.22. The van der Waals surface area contributed by atoms with Crippen LogP contribution in [0.3, 0.4) is 0 Å². The number of benzene rings is 1. The Labute approximate surface area is 153 Å². The van der Waals surface area contributed by atoms with Crippen LogP contribution in [0.15, 0.2) is 18.2 Å². The molecular weight excluding hydrogens is 312 g/mol. The van der Waals surface area contributed by atoms with Gasteiger partial charge in [0.15, 0.2) is 0 Å². The third-order valence-corrected chi connectivity index (χ3v) is 5.65. The van der Waals surface area contributed by atoms with Crippen molar-refractivity contribution >= 4 is 5.78 Å². The van der Waals surface area contributed by atoms with Crippen molar-refractivity contribution < 1.29 is 14.3 Å².